The van der Waals surface area contributed by atoms with Gasteiger partial charge in [0.1, 0.15) is 5.15 Å². The van der Waals surface area contributed by atoms with E-state index >= 15 is 0 Å². The van der Waals surface area contributed by atoms with E-state index in [2.05, 4.69) is 4.98 Å². The van der Waals surface area contributed by atoms with Gasteiger partial charge in [0.25, 0.3) is 5.91 Å². The number of nitrogens with two attached hydrogens (primary N) is 1. The number of carbonyl (C=O) groups excluding carboxylic acids is 1. The van der Waals surface area contributed by atoms with E-state index < -0.39 is 5.91 Å². The van der Waals surface area contributed by atoms with E-state index in [4.69, 9.17) is 17.3 Å². The number of rotatable bonds is 2. The number of carbonyl (C=O) groups is 1. The lowest BCUT2D eigenvalue weighted by Crippen LogP contribution is -2.15. The summed E-state index contributed by atoms with van der Waals surface area (Å²) in [6.07, 6.45) is 3.58. The Labute approximate surface area is 87.3 Å². The lowest BCUT2D eigenvalue weighted by atomic mass is 9.82. The average Bonchev–Trinajstić information content (AvgIpc) is 2.00. The molecule has 0 atom stereocenters. The van der Waals surface area contributed by atoms with Gasteiger partial charge in [0, 0.05) is 11.6 Å². The maximum atomic E-state index is 10.9. The Bertz CT molecular complexity index is 374. The van der Waals surface area contributed by atoms with Gasteiger partial charge in [0.2, 0.25) is 0 Å². The molecule has 1 aliphatic rings. The van der Waals surface area contributed by atoms with Gasteiger partial charge in [-0.2, -0.15) is 0 Å². The van der Waals surface area contributed by atoms with Crippen LogP contribution in [0.4, 0.5) is 0 Å². The van der Waals surface area contributed by atoms with Crippen LogP contribution in [0.1, 0.15) is 41.2 Å². The minimum atomic E-state index is -0.525. The summed E-state index contributed by atoms with van der Waals surface area (Å²) in [5, 5.41) is 0.224. The Balaban J connectivity index is 2.30. The highest BCUT2D eigenvalue weighted by Gasteiger charge is 2.21. The van der Waals surface area contributed by atoms with Crippen molar-refractivity contribution in [1.29, 1.82) is 0 Å². The number of hydrogen-bond donors (Lipinski definition) is 1. The smallest absolute Gasteiger partial charge is 0.251 e. The van der Waals surface area contributed by atoms with E-state index in [0.29, 0.717) is 11.5 Å². The third kappa shape index (κ3) is 1.60. The quantitative estimate of drug-likeness (QED) is 0.760. The Morgan fingerprint density at radius 3 is 2.64 bits per heavy atom. The van der Waals surface area contributed by atoms with Crippen LogP contribution in [0.25, 0.3) is 0 Å². The van der Waals surface area contributed by atoms with Crippen LogP contribution in [0.5, 0.6) is 0 Å². The zero-order chi connectivity index (χ0) is 10.1. The van der Waals surface area contributed by atoms with E-state index in [9.17, 15) is 4.79 Å². The van der Waals surface area contributed by atoms with E-state index in [-0.39, 0.29) is 5.15 Å². The molecule has 2 rings (SSSR count). The molecule has 1 saturated carbocycles. The number of primary amides is 1. The van der Waals surface area contributed by atoms with Gasteiger partial charge in [-0.05, 0) is 25.0 Å². The van der Waals surface area contributed by atoms with Crippen LogP contribution in [0.15, 0.2) is 12.1 Å². The van der Waals surface area contributed by atoms with Crippen LogP contribution >= 0.6 is 11.6 Å². The van der Waals surface area contributed by atoms with Crippen molar-refractivity contribution in [3.63, 3.8) is 0 Å². The molecule has 1 aliphatic carbocycles. The van der Waals surface area contributed by atoms with Gasteiger partial charge in [0.05, 0.1) is 5.56 Å². The zero-order valence-corrected chi connectivity index (χ0v) is 8.42. The van der Waals surface area contributed by atoms with Gasteiger partial charge in [-0.1, -0.05) is 18.0 Å². The molecular weight excluding hydrogens is 200 g/mol. The maximum Gasteiger partial charge on any atom is 0.251 e. The predicted molar refractivity (Wildman–Crippen MR) is 54.4 cm³/mol. The molecule has 0 radical (unpaired) electrons. The van der Waals surface area contributed by atoms with E-state index in [1.807, 2.05) is 6.07 Å². The summed E-state index contributed by atoms with van der Waals surface area (Å²) in [5.41, 5.74) is 6.40. The van der Waals surface area contributed by atoms with Crippen molar-refractivity contribution in [2.24, 2.45) is 5.73 Å². The molecule has 4 heteroatoms. The highest BCUT2D eigenvalue weighted by molar-refractivity contribution is 6.32. The normalized spacial score (nSPS) is 16.4. The van der Waals surface area contributed by atoms with Gasteiger partial charge < -0.3 is 5.73 Å². The molecule has 0 saturated heterocycles. The number of halogens is 1. The standard InChI is InChI=1S/C10H11ClN2O/c11-9-7(10(12)14)4-5-8(13-9)6-2-1-3-6/h4-6H,1-3H2,(H2,12,14). The van der Waals surface area contributed by atoms with Gasteiger partial charge >= 0.3 is 0 Å². The molecule has 2 N–H and O–H groups in total. The molecule has 0 spiro atoms. The molecule has 3 nitrogen and oxygen atoms in total. The summed E-state index contributed by atoms with van der Waals surface area (Å²) >= 11 is 5.84. The van der Waals surface area contributed by atoms with E-state index in [1.54, 1.807) is 6.07 Å². The molecular formula is C10H11ClN2O. The Hall–Kier alpha value is -1.09. The number of hydrogen-bond acceptors (Lipinski definition) is 2. The summed E-state index contributed by atoms with van der Waals surface area (Å²) < 4.78 is 0. The molecule has 1 aromatic rings. The minimum absolute atomic E-state index is 0.224. The molecule has 0 bridgehead atoms. The fourth-order valence-corrected chi connectivity index (χ4v) is 1.82. The van der Waals surface area contributed by atoms with Crippen LogP contribution < -0.4 is 5.73 Å². The van der Waals surface area contributed by atoms with Crippen LogP contribution in [-0.2, 0) is 0 Å². The first-order valence-corrected chi connectivity index (χ1v) is 5.02. The minimum Gasteiger partial charge on any atom is -0.366 e. The third-order valence-corrected chi connectivity index (χ3v) is 2.95. The lowest BCUT2D eigenvalue weighted by molar-refractivity contribution is 0.1000. The summed E-state index contributed by atoms with van der Waals surface area (Å²) in [5.74, 6) is -0.00270. The van der Waals surface area contributed by atoms with Crippen LogP contribution in [0.2, 0.25) is 5.15 Å². The first kappa shape index (κ1) is 9.46. The van der Waals surface area contributed by atoms with E-state index in [0.717, 1.165) is 5.69 Å². The van der Waals surface area contributed by atoms with Gasteiger partial charge in [-0.25, -0.2) is 4.98 Å². The van der Waals surface area contributed by atoms with Crippen LogP contribution in [-0.4, -0.2) is 10.9 Å². The number of pyridine rings is 1. The Kier molecular flexibility index (Phi) is 2.42. The van der Waals surface area contributed by atoms with Gasteiger partial charge in [-0.3, -0.25) is 4.79 Å². The molecule has 0 aromatic carbocycles. The molecule has 14 heavy (non-hydrogen) atoms. The number of amides is 1. The molecule has 1 aromatic heterocycles. The molecule has 1 amide bonds. The van der Waals surface area contributed by atoms with Crippen molar-refractivity contribution in [2.75, 3.05) is 0 Å². The zero-order valence-electron chi connectivity index (χ0n) is 7.66. The predicted octanol–water partition coefficient (Wildman–Crippen LogP) is 2.10. The number of aromatic nitrogens is 1. The first-order chi connectivity index (χ1) is 6.68. The largest absolute Gasteiger partial charge is 0.366 e. The molecule has 1 fully saturated rings. The van der Waals surface area contributed by atoms with Crippen molar-refractivity contribution in [1.82, 2.24) is 4.98 Å². The third-order valence-electron chi connectivity index (χ3n) is 2.66. The second kappa shape index (κ2) is 3.58. The van der Waals surface area contributed by atoms with Crippen LogP contribution in [0, 0.1) is 0 Å². The summed E-state index contributed by atoms with van der Waals surface area (Å²) in [7, 11) is 0. The summed E-state index contributed by atoms with van der Waals surface area (Å²) in [6, 6.07) is 3.50. The van der Waals surface area contributed by atoms with Gasteiger partial charge in [0.15, 0.2) is 0 Å². The first-order valence-electron chi connectivity index (χ1n) is 4.64. The van der Waals surface area contributed by atoms with Crippen molar-refractivity contribution in [3.05, 3.63) is 28.5 Å². The summed E-state index contributed by atoms with van der Waals surface area (Å²) in [4.78, 5) is 15.1. The highest BCUT2D eigenvalue weighted by Crippen LogP contribution is 2.35. The molecule has 0 unspecified atom stereocenters. The van der Waals surface area contributed by atoms with Crippen molar-refractivity contribution < 1.29 is 4.79 Å². The van der Waals surface area contributed by atoms with Gasteiger partial charge in [-0.15, -0.1) is 0 Å². The summed E-state index contributed by atoms with van der Waals surface area (Å²) in [6.45, 7) is 0. The fourth-order valence-electron chi connectivity index (χ4n) is 1.56. The van der Waals surface area contributed by atoms with Crippen molar-refractivity contribution in [2.45, 2.75) is 25.2 Å². The van der Waals surface area contributed by atoms with Crippen LogP contribution in [0.3, 0.4) is 0 Å². The average molecular weight is 211 g/mol. The fraction of sp³-hybridized carbons (Fsp3) is 0.400. The lowest BCUT2D eigenvalue weighted by Gasteiger charge is -2.24. The molecule has 1 heterocycles. The Morgan fingerprint density at radius 2 is 2.21 bits per heavy atom. The van der Waals surface area contributed by atoms with E-state index in [1.165, 1.54) is 19.3 Å². The second-order valence-corrected chi connectivity index (χ2v) is 3.92. The van der Waals surface area contributed by atoms with Crippen molar-refractivity contribution >= 4 is 17.5 Å². The monoisotopic (exact) mass is 210 g/mol. The van der Waals surface area contributed by atoms with Crippen molar-refractivity contribution in [3.8, 4) is 0 Å². The Morgan fingerprint density at radius 1 is 1.50 bits per heavy atom. The molecule has 74 valence electrons. The highest BCUT2D eigenvalue weighted by atomic mass is 35.5. The SMILES string of the molecule is NC(=O)c1ccc(C2CCC2)nc1Cl. The second-order valence-electron chi connectivity index (χ2n) is 3.57. The topological polar surface area (TPSA) is 56.0 Å². The maximum absolute atomic E-state index is 10.9. The number of nitrogens with zero attached hydrogens (tertiary/aromatic N) is 1. The molecule has 0 aliphatic heterocycles.